The fourth-order valence-electron chi connectivity index (χ4n) is 2.79. The molecule has 0 amide bonds. The number of carbonyl (C=O) groups excluding carboxylic acids is 1. The second-order valence-electron chi connectivity index (χ2n) is 11.8. The molecule has 0 radical (unpaired) electrons. The lowest BCUT2D eigenvalue weighted by molar-refractivity contribution is -0.137. The standard InChI is InChI=1S/C24H52O3Si2/c1-12-13-14-15-16-17-18-19-21(26-28(8,9)23(2,3)4)20-22(25)27-29(10,11)24(5,6)7/h21H,12-20H2,1-11H3. The topological polar surface area (TPSA) is 35.5 Å². The second kappa shape index (κ2) is 12.0. The summed E-state index contributed by atoms with van der Waals surface area (Å²) >= 11 is 0. The molecular weight excluding hydrogens is 392 g/mol. The maximum atomic E-state index is 12.8. The van der Waals surface area contributed by atoms with Gasteiger partial charge in [0.05, 0.1) is 12.5 Å². The first-order chi connectivity index (χ1) is 13.0. The van der Waals surface area contributed by atoms with Crippen molar-refractivity contribution < 1.29 is 13.6 Å². The van der Waals surface area contributed by atoms with Crippen molar-refractivity contribution in [1.29, 1.82) is 0 Å². The average Bonchev–Trinajstić information content (AvgIpc) is 2.50. The summed E-state index contributed by atoms with van der Waals surface area (Å²) in [5.41, 5.74) is 0. The monoisotopic (exact) mass is 444 g/mol. The van der Waals surface area contributed by atoms with E-state index >= 15 is 0 Å². The fraction of sp³-hybridized carbons (Fsp3) is 0.958. The normalized spacial score (nSPS) is 14.7. The molecule has 174 valence electrons. The van der Waals surface area contributed by atoms with Gasteiger partial charge in [0.15, 0.2) is 8.32 Å². The van der Waals surface area contributed by atoms with Gasteiger partial charge in [0.2, 0.25) is 0 Å². The molecule has 0 aromatic heterocycles. The molecule has 1 unspecified atom stereocenters. The van der Waals surface area contributed by atoms with Crippen LogP contribution in [0.5, 0.6) is 0 Å². The summed E-state index contributed by atoms with van der Waals surface area (Å²) in [4.78, 5) is 12.8. The zero-order valence-electron chi connectivity index (χ0n) is 21.7. The van der Waals surface area contributed by atoms with E-state index in [1.165, 1.54) is 38.5 Å². The Morgan fingerprint density at radius 3 is 1.66 bits per heavy atom. The molecule has 5 heteroatoms. The number of hydrogen-bond acceptors (Lipinski definition) is 3. The zero-order chi connectivity index (χ0) is 22.9. The molecule has 0 saturated carbocycles. The summed E-state index contributed by atoms with van der Waals surface area (Å²) in [5.74, 6) is -0.0664. The van der Waals surface area contributed by atoms with E-state index in [2.05, 4.69) is 74.7 Å². The highest BCUT2D eigenvalue weighted by molar-refractivity contribution is 6.75. The molecule has 0 rings (SSSR count). The SMILES string of the molecule is CCCCCCCCCC(CC(=O)O[Si](C)(C)C(C)(C)C)O[Si](C)(C)C(C)(C)C. The molecular formula is C24H52O3Si2. The van der Waals surface area contributed by atoms with E-state index in [1.807, 2.05) is 0 Å². The Morgan fingerprint density at radius 2 is 1.21 bits per heavy atom. The van der Waals surface area contributed by atoms with Crippen molar-refractivity contribution in [3.8, 4) is 0 Å². The van der Waals surface area contributed by atoms with Crippen LogP contribution in [0.3, 0.4) is 0 Å². The van der Waals surface area contributed by atoms with E-state index in [-0.39, 0.29) is 22.1 Å². The third-order valence-electron chi connectivity index (χ3n) is 6.97. The van der Waals surface area contributed by atoms with Gasteiger partial charge >= 0.3 is 0 Å². The van der Waals surface area contributed by atoms with Gasteiger partial charge in [-0.2, -0.15) is 0 Å². The van der Waals surface area contributed by atoms with Gasteiger partial charge in [-0.1, -0.05) is 93.4 Å². The van der Waals surface area contributed by atoms with E-state index in [0.717, 1.165) is 12.8 Å². The maximum Gasteiger partial charge on any atom is 0.295 e. The minimum atomic E-state index is -2.08. The first-order valence-electron chi connectivity index (χ1n) is 11.9. The molecule has 0 spiro atoms. The highest BCUT2D eigenvalue weighted by atomic mass is 28.4. The van der Waals surface area contributed by atoms with Crippen LogP contribution in [0.15, 0.2) is 0 Å². The van der Waals surface area contributed by atoms with Crippen molar-refractivity contribution >= 4 is 22.6 Å². The number of unbranched alkanes of at least 4 members (excludes halogenated alkanes) is 6. The third-order valence-corrected chi connectivity index (χ3v) is 15.9. The molecule has 0 N–H and O–H groups in total. The van der Waals surface area contributed by atoms with Crippen LogP contribution in [0.4, 0.5) is 0 Å². The number of rotatable bonds is 13. The first kappa shape index (κ1) is 28.9. The van der Waals surface area contributed by atoms with Gasteiger partial charge in [-0.15, -0.1) is 0 Å². The second-order valence-corrected chi connectivity index (χ2v) is 21.3. The molecule has 0 heterocycles. The van der Waals surface area contributed by atoms with Crippen molar-refractivity contribution in [3.63, 3.8) is 0 Å². The molecule has 1 atom stereocenters. The van der Waals surface area contributed by atoms with E-state index in [9.17, 15) is 4.79 Å². The fourth-order valence-corrected chi connectivity index (χ4v) is 5.14. The summed E-state index contributed by atoms with van der Waals surface area (Å²) in [7, 11) is -3.99. The molecule has 0 aliphatic heterocycles. The van der Waals surface area contributed by atoms with E-state index in [4.69, 9.17) is 8.85 Å². The number of hydrogen-bond donors (Lipinski definition) is 0. The van der Waals surface area contributed by atoms with Crippen LogP contribution in [0.1, 0.15) is 106 Å². The van der Waals surface area contributed by atoms with Crippen molar-refractivity contribution in [2.24, 2.45) is 0 Å². The van der Waals surface area contributed by atoms with Crippen LogP contribution in [0.2, 0.25) is 36.3 Å². The molecule has 29 heavy (non-hydrogen) atoms. The Bertz CT molecular complexity index is 473. The molecule has 0 aliphatic rings. The van der Waals surface area contributed by atoms with Gasteiger partial charge in [-0.3, -0.25) is 4.79 Å². The minimum absolute atomic E-state index is 0.0104. The number of carbonyl (C=O) groups is 1. The molecule has 0 aromatic carbocycles. The Hall–Kier alpha value is -0.136. The van der Waals surface area contributed by atoms with Crippen LogP contribution in [-0.4, -0.2) is 28.7 Å². The Morgan fingerprint density at radius 1 is 0.759 bits per heavy atom. The smallest absolute Gasteiger partial charge is 0.295 e. The quantitative estimate of drug-likeness (QED) is 0.211. The molecule has 0 aliphatic carbocycles. The predicted octanol–water partition coefficient (Wildman–Crippen LogP) is 8.46. The maximum absolute atomic E-state index is 12.8. The van der Waals surface area contributed by atoms with Gasteiger partial charge in [-0.05, 0) is 42.7 Å². The van der Waals surface area contributed by atoms with Crippen molar-refractivity contribution in [2.45, 2.75) is 149 Å². The lowest BCUT2D eigenvalue weighted by Gasteiger charge is -2.40. The summed E-state index contributed by atoms with van der Waals surface area (Å²) in [5, 5.41) is 0.186. The third kappa shape index (κ3) is 11.2. The lowest BCUT2D eigenvalue weighted by atomic mass is 10.1. The zero-order valence-corrected chi connectivity index (χ0v) is 23.7. The van der Waals surface area contributed by atoms with Gasteiger partial charge < -0.3 is 8.85 Å². The summed E-state index contributed by atoms with van der Waals surface area (Å²) < 4.78 is 12.7. The summed E-state index contributed by atoms with van der Waals surface area (Å²) in [6.45, 7) is 24.4. The minimum Gasteiger partial charge on any atom is -0.519 e. The van der Waals surface area contributed by atoms with Gasteiger partial charge in [0, 0.05) is 0 Å². The molecule has 0 saturated heterocycles. The highest BCUT2D eigenvalue weighted by Gasteiger charge is 2.42. The summed E-state index contributed by atoms with van der Waals surface area (Å²) in [6.07, 6.45) is 10.3. The van der Waals surface area contributed by atoms with Gasteiger partial charge in [0.1, 0.15) is 0 Å². The molecule has 3 nitrogen and oxygen atoms in total. The highest BCUT2D eigenvalue weighted by Crippen LogP contribution is 2.39. The van der Waals surface area contributed by atoms with Crippen LogP contribution in [-0.2, 0) is 13.6 Å². The van der Waals surface area contributed by atoms with Crippen LogP contribution >= 0.6 is 0 Å². The van der Waals surface area contributed by atoms with E-state index < -0.39 is 16.6 Å². The lowest BCUT2D eigenvalue weighted by Crippen LogP contribution is -2.46. The van der Waals surface area contributed by atoms with Gasteiger partial charge in [-0.25, -0.2) is 0 Å². The Kier molecular flexibility index (Phi) is 12.0. The van der Waals surface area contributed by atoms with Crippen LogP contribution < -0.4 is 0 Å². The first-order valence-corrected chi connectivity index (χ1v) is 17.7. The summed E-state index contributed by atoms with van der Waals surface area (Å²) in [6, 6.07) is 0. The van der Waals surface area contributed by atoms with Crippen LogP contribution in [0, 0.1) is 0 Å². The van der Waals surface area contributed by atoms with Crippen LogP contribution in [0.25, 0.3) is 0 Å². The molecule has 0 bridgehead atoms. The average molecular weight is 445 g/mol. The van der Waals surface area contributed by atoms with Gasteiger partial charge in [0.25, 0.3) is 14.3 Å². The Balaban J connectivity index is 4.89. The largest absolute Gasteiger partial charge is 0.519 e. The van der Waals surface area contributed by atoms with E-state index in [1.54, 1.807) is 0 Å². The van der Waals surface area contributed by atoms with Crippen molar-refractivity contribution in [1.82, 2.24) is 0 Å². The predicted molar refractivity (Wildman–Crippen MR) is 133 cm³/mol. The van der Waals surface area contributed by atoms with Crippen molar-refractivity contribution in [3.05, 3.63) is 0 Å². The molecule has 0 aromatic rings. The van der Waals surface area contributed by atoms with E-state index in [0.29, 0.717) is 6.42 Å². The Labute approximate surface area is 185 Å². The van der Waals surface area contributed by atoms with Crippen molar-refractivity contribution in [2.75, 3.05) is 0 Å². The molecule has 0 fully saturated rings.